The zero-order valence-corrected chi connectivity index (χ0v) is 14.8. The molecule has 2 aromatic carbocycles. The monoisotopic (exact) mass is 356 g/mol. The number of rotatable bonds is 5. The lowest BCUT2D eigenvalue weighted by molar-refractivity contribution is -0.119. The zero-order chi connectivity index (χ0) is 17.6. The van der Waals surface area contributed by atoms with E-state index in [9.17, 15) is 9.59 Å². The molecule has 4 nitrogen and oxygen atoms in total. The summed E-state index contributed by atoms with van der Waals surface area (Å²) in [6.45, 7) is 1.32. The highest BCUT2D eigenvalue weighted by atomic mass is 35.5. The normalized spacial score (nSPS) is 14.4. The minimum Gasteiger partial charge on any atom is -0.352 e. The molecule has 1 aliphatic heterocycles. The molecule has 0 saturated carbocycles. The fourth-order valence-electron chi connectivity index (χ4n) is 2.95. The number of hydrogen-bond acceptors (Lipinski definition) is 2. The Labute approximate surface area is 152 Å². The van der Waals surface area contributed by atoms with E-state index in [1.807, 2.05) is 36.4 Å². The van der Waals surface area contributed by atoms with E-state index in [-0.39, 0.29) is 11.8 Å². The first-order valence-electron chi connectivity index (χ1n) is 8.56. The van der Waals surface area contributed by atoms with Gasteiger partial charge in [0.1, 0.15) is 0 Å². The summed E-state index contributed by atoms with van der Waals surface area (Å²) < 4.78 is 0. The average molecular weight is 357 g/mol. The van der Waals surface area contributed by atoms with Crippen molar-refractivity contribution in [2.45, 2.75) is 25.7 Å². The van der Waals surface area contributed by atoms with Gasteiger partial charge in [-0.15, -0.1) is 0 Å². The van der Waals surface area contributed by atoms with Crippen LogP contribution in [0.2, 0.25) is 5.02 Å². The summed E-state index contributed by atoms with van der Waals surface area (Å²) in [6.07, 6.45) is 3.35. The van der Waals surface area contributed by atoms with Crippen LogP contribution in [0, 0.1) is 0 Å². The van der Waals surface area contributed by atoms with Gasteiger partial charge in [0.25, 0.3) is 5.91 Å². The van der Waals surface area contributed by atoms with Gasteiger partial charge in [-0.2, -0.15) is 0 Å². The Morgan fingerprint density at radius 3 is 2.44 bits per heavy atom. The maximum absolute atomic E-state index is 12.2. The maximum atomic E-state index is 12.2. The highest BCUT2D eigenvalue weighted by Gasteiger charge is 2.19. The fourth-order valence-corrected chi connectivity index (χ4v) is 3.07. The standard InChI is InChI=1S/C20H21ClN2O2/c21-17-8-4-15(5-9-17)12-13-22-20(25)16-6-10-18(11-7-16)23-14-2-1-3-19(23)24/h4-11H,1-3,12-14H2,(H,22,25). The molecule has 1 saturated heterocycles. The molecule has 3 rings (SSSR count). The van der Waals surface area contributed by atoms with E-state index >= 15 is 0 Å². The molecule has 0 aliphatic carbocycles. The summed E-state index contributed by atoms with van der Waals surface area (Å²) in [4.78, 5) is 26.0. The van der Waals surface area contributed by atoms with Crippen molar-refractivity contribution in [3.8, 4) is 0 Å². The van der Waals surface area contributed by atoms with Crippen LogP contribution in [0.5, 0.6) is 0 Å². The third kappa shape index (κ3) is 4.60. The number of anilines is 1. The first-order chi connectivity index (χ1) is 12.1. The molecule has 1 aliphatic rings. The molecule has 0 spiro atoms. The van der Waals surface area contributed by atoms with Crippen LogP contribution in [0.4, 0.5) is 5.69 Å². The molecule has 1 heterocycles. The number of nitrogens with one attached hydrogen (secondary N) is 1. The molecule has 0 aromatic heterocycles. The van der Waals surface area contributed by atoms with E-state index in [4.69, 9.17) is 11.6 Å². The van der Waals surface area contributed by atoms with Gasteiger partial charge in [0.05, 0.1) is 0 Å². The van der Waals surface area contributed by atoms with Crippen LogP contribution in [0.25, 0.3) is 0 Å². The third-order valence-electron chi connectivity index (χ3n) is 4.38. The van der Waals surface area contributed by atoms with Crippen molar-refractivity contribution >= 4 is 29.1 Å². The largest absolute Gasteiger partial charge is 0.352 e. The van der Waals surface area contributed by atoms with Crippen LogP contribution in [-0.2, 0) is 11.2 Å². The molecule has 5 heteroatoms. The molecule has 0 atom stereocenters. The second-order valence-electron chi connectivity index (χ2n) is 6.18. The highest BCUT2D eigenvalue weighted by Crippen LogP contribution is 2.21. The Balaban J connectivity index is 1.53. The topological polar surface area (TPSA) is 49.4 Å². The third-order valence-corrected chi connectivity index (χ3v) is 4.63. The Morgan fingerprint density at radius 1 is 1.04 bits per heavy atom. The Hall–Kier alpha value is -2.33. The fraction of sp³-hybridized carbons (Fsp3) is 0.300. The number of halogens is 1. The SMILES string of the molecule is O=C(NCCc1ccc(Cl)cc1)c1ccc(N2CCCCC2=O)cc1. The molecule has 130 valence electrons. The van der Waals surface area contributed by atoms with Crippen molar-refractivity contribution < 1.29 is 9.59 Å². The van der Waals surface area contributed by atoms with E-state index < -0.39 is 0 Å². The average Bonchev–Trinajstić information content (AvgIpc) is 2.64. The van der Waals surface area contributed by atoms with Crippen LogP contribution in [-0.4, -0.2) is 24.9 Å². The van der Waals surface area contributed by atoms with Gasteiger partial charge in [0.15, 0.2) is 0 Å². The van der Waals surface area contributed by atoms with Gasteiger partial charge in [-0.05, 0) is 61.2 Å². The van der Waals surface area contributed by atoms with E-state index in [1.54, 1.807) is 17.0 Å². The van der Waals surface area contributed by atoms with Crippen LogP contribution < -0.4 is 10.2 Å². The van der Waals surface area contributed by atoms with Crippen molar-refractivity contribution in [1.29, 1.82) is 0 Å². The minimum atomic E-state index is -0.106. The number of carbonyl (C=O) groups is 2. The first-order valence-corrected chi connectivity index (χ1v) is 8.94. The summed E-state index contributed by atoms with van der Waals surface area (Å²) in [5, 5.41) is 3.63. The second-order valence-corrected chi connectivity index (χ2v) is 6.62. The molecule has 25 heavy (non-hydrogen) atoms. The van der Waals surface area contributed by atoms with Crippen molar-refractivity contribution in [2.75, 3.05) is 18.0 Å². The summed E-state index contributed by atoms with van der Waals surface area (Å²) in [6, 6.07) is 14.8. The molecule has 0 bridgehead atoms. The van der Waals surface area contributed by atoms with Crippen LogP contribution >= 0.6 is 11.6 Å². The maximum Gasteiger partial charge on any atom is 0.251 e. The predicted octanol–water partition coefficient (Wildman–Crippen LogP) is 3.83. The molecule has 2 aromatic rings. The molecule has 1 N–H and O–H groups in total. The van der Waals surface area contributed by atoms with Crippen molar-refractivity contribution in [2.24, 2.45) is 0 Å². The van der Waals surface area contributed by atoms with Crippen molar-refractivity contribution in [3.63, 3.8) is 0 Å². The summed E-state index contributed by atoms with van der Waals surface area (Å²) in [7, 11) is 0. The minimum absolute atomic E-state index is 0.106. The molecular weight excluding hydrogens is 336 g/mol. The van der Waals surface area contributed by atoms with Gasteiger partial charge in [-0.1, -0.05) is 23.7 Å². The van der Waals surface area contributed by atoms with Crippen molar-refractivity contribution in [1.82, 2.24) is 5.32 Å². The number of piperidine rings is 1. The van der Waals surface area contributed by atoms with E-state index in [1.165, 1.54) is 0 Å². The summed E-state index contributed by atoms with van der Waals surface area (Å²) >= 11 is 5.86. The smallest absolute Gasteiger partial charge is 0.251 e. The van der Waals surface area contributed by atoms with Crippen LogP contribution in [0.1, 0.15) is 35.2 Å². The van der Waals surface area contributed by atoms with Gasteiger partial charge in [-0.3, -0.25) is 9.59 Å². The summed E-state index contributed by atoms with van der Waals surface area (Å²) in [5.41, 5.74) is 2.59. The van der Waals surface area contributed by atoms with E-state index in [0.717, 1.165) is 37.1 Å². The molecule has 1 fully saturated rings. The summed E-state index contributed by atoms with van der Waals surface area (Å²) in [5.74, 6) is 0.0527. The number of hydrogen-bond donors (Lipinski definition) is 1. The van der Waals surface area contributed by atoms with E-state index in [2.05, 4.69) is 5.32 Å². The number of carbonyl (C=O) groups excluding carboxylic acids is 2. The van der Waals surface area contributed by atoms with Gasteiger partial charge < -0.3 is 10.2 Å². The number of nitrogens with zero attached hydrogens (tertiary/aromatic N) is 1. The van der Waals surface area contributed by atoms with Crippen LogP contribution in [0.3, 0.4) is 0 Å². The molecule has 0 unspecified atom stereocenters. The molecule has 0 radical (unpaired) electrons. The number of amides is 2. The van der Waals surface area contributed by atoms with Gasteiger partial charge >= 0.3 is 0 Å². The lowest BCUT2D eigenvalue weighted by atomic mass is 10.1. The van der Waals surface area contributed by atoms with Crippen molar-refractivity contribution in [3.05, 3.63) is 64.7 Å². The zero-order valence-electron chi connectivity index (χ0n) is 14.0. The predicted molar refractivity (Wildman–Crippen MR) is 100 cm³/mol. The second kappa shape index (κ2) is 8.17. The quantitative estimate of drug-likeness (QED) is 0.885. The Kier molecular flexibility index (Phi) is 5.71. The Morgan fingerprint density at radius 2 is 1.76 bits per heavy atom. The molecule has 2 amide bonds. The Bertz CT molecular complexity index is 741. The molecular formula is C20H21ClN2O2. The lowest BCUT2D eigenvalue weighted by Crippen LogP contribution is -2.35. The van der Waals surface area contributed by atoms with E-state index in [0.29, 0.717) is 23.6 Å². The van der Waals surface area contributed by atoms with Crippen LogP contribution in [0.15, 0.2) is 48.5 Å². The van der Waals surface area contributed by atoms with Gasteiger partial charge in [-0.25, -0.2) is 0 Å². The number of benzene rings is 2. The van der Waals surface area contributed by atoms with Gasteiger partial charge in [0.2, 0.25) is 5.91 Å². The van der Waals surface area contributed by atoms with Gasteiger partial charge in [0, 0.05) is 35.8 Å². The lowest BCUT2D eigenvalue weighted by Gasteiger charge is -2.26. The highest BCUT2D eigenvalue weighted by molar-refractivity contribution is 6.30. The first kappa shape index (κ1) is 17.5.